The minimum Gasteiger partial charge on any atom is -0.454 e. The number of ether oxygens (including phenoxy) is 2. The molecule has 1 aromatic carbocycles. The molecule has 1 aliphatic heterocycles. The lowest BCUT2D eigenvalue weighted by atomic mass is 9.84. The molecule has 0 radical (unpaired) electrons. The van der Waals surface area contributed by atoms with Gasteiger partial charge in [0.15, 0.2) is 33.6 Å². The number of fused-ring (bicyclic) bond motifs is 2. The summed E-state index contributed by atoms with van der Waals surface area (Å²) in [6, 6.07) is 4.26. The molecule has 0 spiro atoms. The zero-order chi connectivity index (χ0) is 20.7. The van der Waals surface area contributed by atoms with E-state index in [1.165, 1.54) is 19.2 Å². The van der Waals surface area contributed by atoms with E-state index in [2.05, 4.69) is 30.5 Å². The van der Waals surface area contributed by atoms with E-state index in [1.807, 2.05) is 12.1 Å². The highest BCUT2D eigenvalue weighted by Gasteiger charge is 2.23. The Bertz CT molecular complexity index is 1080. The topological polar surface area (TPSA) is 114 Å². The largest absolute Gasteiger partial charge is 0.454 e. The van der Waals surface area contributed by atoms with Crippen LogP contribution in [0.15, 0.2) is 33.0 Å². The molecule has 2 aliphatic rings. The first-order valence-electron chi connectivity index (χ1n) is 10.1. The van der Waals surface area contributed by atoms with Crippen LogP contribution in [-0.4, -0.2) is 32.4 Å². The van der Waals surface area contributed by atoms with Gasteiger partial charge in [0, 0.05) is 22.0 Å². The van der Waals surface area contributed by atoms with Crippen LogP contribution in [0.5, 0.6) is 11.5 Å². The summed E-state index contributed by atoms with van der Waals surface area (Å²) in [4.78, 5) is 14.4. The fourth-order valence-electron chi connectivity index (χ4n) is 4.08. The van der Waals surface area contributed by atoms with Gasteiger partial charge in [-0.1, -0.05) is 11.8 Å². The van der Waals surface area contributed by atoms with Crippen LogP contribution in [-0.2, 0) is 6.54 Å². The molecule has 0 bridgehead atoms. The van der Waals surface area contributed by atoms with Crippen molar-refractivity contribution in [2.75, 3.05) is 12.5 Å². The van der Waals surface area contributed by atoms with E-state index in [4.69, 9.17) is 25.9 Å². The highest BCUT2D eigenvalue weighted by molar-refractivity contribution is 9.10. The van der Waals surface area contributed by atoms with Crippen molar-refractivity contribution in [3.05, 3.63) is 22.9 Å². The second-order valence-corrected chi connectivity index (χ2v) is 9.65. The van der Waals surface area contributed by atoms with E-state index in [-0.39, 0.29) is 6.79 Å². The molecule has 10 heteroatoms. The van der Waals surface area contributed by atoms with Crippen molar-refractivity contribution in [1.29, 1.82) is 0 Å². The lowest BCUT2D eigenvalue weighted by Crippen LogP contribution is -2.27. The Labute approximate surface area is 186 Å². The van der Waals surface area contributed by atoms with E-state index in [9.17, 15) is 0 Å². The SMILES string of the molecule is Nc1ncnc2c1nc(Sc1cc3c(cc1Br)OCO3)n2CCC1CCC(N)CC1. The van der Waals surface area contributed by atoms with Crippen LogP contribution in [0.2, 0.25) is 0 Å². The Morgan fingerprint density at radius 1 is 1.13 bits per heavy atom. The number of nitrogen functional groups attached to an aromatic ring is 1. The summed E-state index contributed by atoms with van der Waals surface area (Å²) in [6.45, 7) is 1.07. The van der Waals surface area contributed by atoms with Gasteiger partial charge in [-0.2, -0.15) is 0 Å². The molecule has 30 heavy (non-hydrogen) atoms. The van der Waals surface area contributed by atoms with Crippen molar-refractivity contribution in [1.82, 2.24) is 19.5 Å². The normalized spacial score (nSPS) is 20.7. The monoisotopic (exact) mass is 490 g/mol. The molecule has 0 amide bonds. The van der Waals surface area contributed by atoms with Crippen LogP contribution in [0.25, 0.3) is 11.2 Å². The highest BCUT2D eigenvalue weighted by atomic mass is 79.9. The van der Waals surface area contributed by atoms with Crippen LogP contribution in [0, 0.1) is 5.92 Å². The highest BCUT2D eigenvalue weighted by Crippen LogP contribution is 2.43. The van der Waals surface area contributed by atoms with Gasteiger partial charge in [0.2, 0.25) is 6.79 Å². The summed E-state index contributed by atoms with van der Waals surface area (Å²) in [6.07, 6.45) is 7.15. The van der Waals surface area contributed by atoms with Crippen molar-refractivity contribution >= 4 is 44.7 Å². The van der Waals surface area contributed by atoms with Gasteiger partial charge < -0.3 is 25.5 Å². The fraction of sp³-hybridized carbons (Fsp3) is 0.450. The van der Waals surface area contributed by atoms with Gasteiger partial charge in [0.25, 0.3) is 0 Å². The molecular formula is C20H23BrN6O2S. The molecule has 5 rings (SSSR count). The number of anilines is 1. The summed E-state index contributed by atoms with van der Waals surface area (Å²) >= 11 is 5.19. The Hall–Kier alpha value is -2.04. The molecule has 0 atom stereocenters. The maximum Gasteiger partial charge on any atom is 0.231 e. The third-order valence-electron chi connectivity index (χ3n) is 5.81. The number of nitrogens with two attached hydrogens (primary N) is 2. The number of aromatic nitrogens is 4. The first-order chi connectivity index (χ1) is 14.6. The molecule has 0 saturated heterocycles. The molecule has 1 saturated carbocycles. The van der Waals surface area contributed by atoms with E-state index < -0.39 is 0 Å². The second kappa shape index (κ2) is 8.24. The second-order valence-electron chi connectivity index (χ2n) is 7.78. The maximum atomic E-state index is 6.09. The van der Waals surface area contributed by atoms with Gasteiger partial charge in [0.05, 0.1) is 0 Å². The standard InChI is InChI=1S/C20H23BrN6O2S/c21-13-7-14-15(29-10-28-14)8-16(13)30-20-26-17-18(23)24-9-25-19(17)27(20)6-5-11-1-3-12(22)4-2-11/h7-9,11-12H,1-6,10,22H2,(H2,23,24,25). The Morgan fingerprint density at radius 3 is 2.70 bits per heavy atom. The number of imidazole rings is 1. The molecule has 3 heterocycles. The number of hydrogen-bond acceptors (Lipinski definition) is 8. The first-order valence-corrected chi connectivity index (χ1v) is 11.7. The Morgan fingerprint density at radius 2 is 1.90 bits per heavy atom. The molecule has 8 nitrogen and oxygen atoms in total. The summed E-state index contributed by atoms with van der Waals surface area (Å²) in [5.41, 5.74) is 13.6. The first kappa shape index (κ1) is 19.9. The average Bonchev–Trinajstić information content (AvgIpc) is 3.33. The minimum absolute atomic E-state index is 0.242. The Balaban J connectivity index is 1.45. The van der Waals surface area contributed by atoms with Gasteiger partial charge in [-0.05, 0) is 66.1 Å². The van der Waals surface area contributed by atoms with Gasteiger partial charge in [-0.3, -0.25) is 0 Å². The third kappa shape index (κ3) is 3.83. The smallest absolute Gasteiger partial charge is 0.231 e. The molecule has 0 unspecified atom stereocenters. The summed E-state index contributed by atoms with van der Waals surface area (Å²) in [7, 11) is 0. The van der Waals surface area contributed by atoms with Crippen LogP contribution < -0.4 is 20.9 Å². The van der Waals surface area contributed by atoms with Crippen LogP contribution in [0.1, 0.15) is 32.1 Å². The zero-order valence-electron chi connectivity index (χ0n) is 16.4. The lowest BCUT2D eigenvalue weighted by molar-refractivity contribution is 0.174. The van der Waals surface area contributed by atoms with Gasteiger partial charge in [-0.15, -0.1) is 0 Å². The molecular weight excluding hydrogens is 468 g/mol. The predicted octanol–water partition coefficient (Wildman–Crippen LogP) is 3.96. The molecule has 1 fully saturated rings. The van der Waals surface area contributed by atoms with Crippen LogP contribution in [0.4, 0.5) is 5.82 Å². The number of halogens is 1. The molecule has 3 aromatic rings. The molecule has 1 aliphatic carbocycles. The number of rotatable bonds is 5. The summed E-state index contributed by atoms with van der Waals surface area (Å²) in [5.74, 6) is 2.55. The predicted molar refractivity (Wildman–Crippen MR) is 119 cm³/mol. The van der Waals surface area contributed by atoms with E-state index in [1.54, 1.807) is 11.8 Å². The molecule has 2 aromatic heterocycles. The van der Waals surface area contributed by atoms with Gasteiger partial charge >= 0.3 is 0 Å². The summed E-state index contributed by atoms with van der Waals surface area (Å²) in [5, 5.41) is 0.837. The lowest BCUT2D eigenvalue weighted by Gasteiger charge is -2.26. The number of hydrogen-bond donors (Lipinski definition) is 2. The zero-order valence-corrected chi connectivity index (χ0v) is 18.8. The van der Waals surface area contributed by atoms with Crippen molar-refractivity contribution in [2.45, 2.75) is 54.7 Å². The fourth-order valence-corrected chi connectivity index (χ4v) is 5.59. The van der Waals surface area contributed by atoms with Crippen molar-refractivity contribution in [3.8, 4) is 11.5 Å². The third-order valence-corrected chi connectivity index (χ3v) is 7.78. The minimum atomic E-state index is 0.242. The van der Waals surface area contributed by atoms with E-state index >= 15 is 0 Å². The van der Waals surface area contributed by atoms with Crippen molar-refractivity contribution in [2.24, 2.45) is 11.7 Å². The quantitative estimate of drug-likeness (QED) is 0.552. The molecule has 4 N–H and O–H groups in total. The number of benzene rings is 1. The van der Waals surface area contributed by atoms with Gasteiger partial charge in [0.1, 0.15) is 6.33 Å². The van der Waals surface area contributed by atoms with Crippen LogP contribution >= 0.6 is 27.7 Å². The van der Waals surface area contributed by atoms with Crippen molar-refractivity contribution < 1.29 is 9.47 Å². The summed E-state index contributed by atoms with van der Waals surface area (Å²) < 4.78 is 14.1. The average molecular weight is 491 g/mol. The van der Waals surface area contributed by atoms with Crippen molar-refractivity contribution in [3.63, 3.8) is 0 Å². The maximum absolute atomic E-state index is 6.09. The van der Waals surface area contributed by atoms with Crippen LogP contribution in [0.3, 0.4) is 0 Å². The molecule has 158 valence electrons. The van der Waals surface area contributed by atoms with E-state index in [0.717, 1.165) is 57.5 Å². The number of nitrogens with zero attached hydrogens (tertiary/aromatic N) is 4. The Kier molecular flexibility index (Phi) is 5.46. The number of aryl methyl sites for hydroxylation is 1. The van der Waals surface area contributed by atoms with E-state index in [0.29, 0.717) is 23.3 Å². The van der Waals surface area contributed by atoms with Gasteiger partial charge in [-0.25, -0.2) is 15.0 Å².